The van der Waals surface area contributed by atoms with E-state index in [2.05, 4.69) is 10.3 Å². The van der Waals surface area contributed by atoms with Gasteiger partial charge in [0.1, 0.15) is 24.4 Å². The molecule has 3 unspecified atom stereocenters. The van der Waals surface area contributed by atoms with Crippen molar-refractivity contribution in [2.24, 2.45) is 10.9 Å². The topological polar surface area (TPSA) is 150 Å². The number of aliphatic hydroxyl groups is 1. The minimum absolute atomic E-state index is 0.0683. The molecule has 11 nitrogen and oxygen atoms in total. The highest BCUT2D eigenvalue weighted by atomic mass is 19.4. The summed E-state index contributed by atoms with van der Waals surface area (Å²) in [4.78, 5) is 40.7. The van der Waals surface area contributed by atoms with Crippen molar-refractivity contribution in [2.75, 3.05) is 26.4 Å². The third kappa shape index (κ3) is 9.85. The molecule has 0 saturated carbocycles. The smallest absolute Gasteiger partial charge is 0.433 e. The summed E-state index contributed by atoms with van der Waals surface area (Å²) in [5.41, 5.74) is -2.31. The number of carbonyl (C=O) groups excluding carboxylic acids is 2. The maximum absolute atomic E-state index is 14.1. The lowest BCUT2D eigenvalue weighted by atomic mass is 9.75. The Morgan fingerprint density at radius 1 is 1.13 bits per heavy atom. The first-order chi connectivity index (χ1) is 21.7. The summed E-state index contributed by atoms with van der Waals surface area (Å²) < 4.78 is 58.4. The van der Waals surface area contributed by atoms with Gasteiger partial charge in [-0.25, -0.2) is 4.79 Å². The molecule has 0 saturated heterocycles. The molecule has 0 aliphatic carbocycles. The largest absolute Gasteiger partial charge is 0.491 e. The second-order valence-electron chi connectivity index (χ2n) is 11.0. The van der Waals surface area contributed by atoms with Gasteiger partial charge in [-0.2, -0.15) is 13.2 Å². The molecule has 2 aromatic rings. The number of nitro groups is 1. The Hall–Kier alpha value is -4.30. The van der Waals surface area contributed by atoms with Gasteiger partial charge in [0.05, 0.1) is 23.7 Å². The standard InChI is InChI=1S/C32H38F3N3O8/c1-5-44-31(41)28-27(22-9-6-10-23(16-22)38(42)43)26(20(4)37-29(28)32(33,34)35)30(40)45-15-7-8-21-11-13-25(14-12-21)46-18-24(39)17-36-19(2)3/h6,9-14,16,19,24,26-27,36,39H,5,7-8,15,17-18H2,1-4H3. The number of aryl methyl sites for hydroxylation is 1. The lowest BCUT2D eigenvalue weighted by molar-refractivity contribution is -0.384. The molecular formula is C32H38F3N3O8. The minimum Gasteiger partial charge on any atom is -0.491 e. The fourth-order valence-corrected chi connectivity index (χ4v) is 4.92. The monoisotopic (exact) mass is 649 g/mol. The van der Waals surface area contributed by atoms with Gasteiger partial charge in [-0.3, -0.25) is 19.9 Å². The third-order valence-corrected chi connectivity index (χ3v) is 7.08. The second-order valence-corrected chi connectivity index (χ2v) is 11.0. The van der Waals surface area contributed by atoms with Crippen LogP contribution in [0.15, 0.2) is 64.8 Å². The Balaban J connectivity index is 1.74. The average molecular weight is 650 g/mol. The second kappa shape index (κ2) is 16.3. The number of aliphatic hydroxyl groups excluding tert-OH is 1. The Morgan fingerprint density at radius 3 is 2.43 bits per heavy atom. The predicted octanol–water partition coefficient (Wildman–Crippen LogP) is 5.06. The van der Waals surface area contributed by atoms with Crippen LogP contribution in [-0.4, -0.2) is 72.4 Å². The number of non-ortho nitro benzene ring substituents is 1. The Kier molecular flexibility index (Phi) is 12.8. The number of ether oxygens (including phenoxy) is 3. The van der Waals surface area contributed by atoms with E-state index in [9.17, 15) is 38.0 Å². The van der Waals surface area contributed by atoms with Crippen LogP contribution in [0, 0.1) is 16.0 Å². The number of alkyl halides is 3. The lowest BCUT2D eigenvalue weighted by Crippen LogP contribution is -2.39. The molecule has 3 rings (SSSR count). The first kappa shape index (κ1) is 36.2. The van der Waals surface area contributed by atoms with E-state index in [-0.39, 0.29) is 37.1 Å². The molecule has 0 aromatic heterocycles. The van der Waals surface area contributed by atoms with Gasteiger partial charge in [0.25, 0.3) is 5.69 Å². The number of allylic oxidation sites excluding steroid dienone is 1. The van der Waals surface area contributed by atoms with Crippen molar-refractivity contribution in [1.29, 1.82) is 0 Å². The molecule has 0 fully saturated rings. The van der Waals surface area contributed by atoms with E-state index in [0.717, 1.165) is 17.7 Å². The van der Waals surface area contributed by atoms with Gasteiger partial charge in [-0.05, 0) is 49.9 Å². The van der Waals surface area contributed by atoms with E-state index >= 15 is 0 Å². The maximum Gasteiger partial charge on any atom is 0.433 e. The summed E-state index contributed by atoms with van der Waals surface area (Å²) >= 11 is 0. The Morgan fingerprint density at radius 2 is 1.83 bits per heavy atom. The van der Waals surface area contributed by atoms with Crippen molar-refractivity contribution < 1.29 is 47.0 Å². The molecule has 1 aliphatic rings. The summed E-state index contributed by atoms with van der Waals surface area (Å²) in [5, 5.41) is 24.6. The summed E-state index contributed by atoms with van der Waals surface area (Å²) in [5.74, 6) is -4.78. The Labute approximate surface area is 264 Å². The van der Waals surface area contributed by atoms with E-state index in [1.54, 1.807) is 12.1 Å². The number of esters is 2. The highest BCUT2D eigenvalue weighted by Gasteiger charge is 2.50. The fourth-order valence-electron chi connectivity index (χ4n) is 4.92. The highest BCUT2D eigenvalue weighted by Crippen LogP contribution is 2.45. The van der Waals surface area contributed by atoms with Crippen molar-refractivity contribution in [1.82, 2.24) is 5.32 Å². The molecule has 1 heterocycles. The molecule has 46 heavy (non-hydrogen) atoms. The molecule has 1 aliphatic heterocycles. The van der Waals surface area contributed by atoms with E-state index < -0.39 is 57.9 Å². The number of hydrogen-bond donors (Lipinski definition) is 2. The zero-order valence-corrected chi connectivity index (χ0v) is 26.0. The van der Waals surface area contributed by atoms with Gasteiger partial charge in [-0.1, -0.05) is 38.1 Å². The summed E-state index contributed by atoms with van der Waals surface area (Å²) in [7, 11) is 0. The number of halogens is 3. The molecule has 0 bridgehead atoms. The highest BCUT2D eigenvalue weighted by molar-refractivity contribution is 6.07. The molecule has 0 radical (unpaired) electrons. The minimum atomic E-state index is -5.08. The zero-order chi connectivity index (χ0) is 34.0. The van der Waals surface area contributed by atoms with Gasteiger partial charge >= 0.3 is 18.1 Å². The first-order valence-electron chi connectivity index (χ1n) is 14.8. The first-order valence-corrected chi connectivity index (χ1v) is 14.8. The van der Waals surface area contributed by atoms with Crippen molar-refractivity contribution >= 4 is 23.3 Å². The number of nitrogens with zero attached hydrogens (tertiary/aromatic N) is 2. The average Bonchev–Trinajstić information content (AvgIpc) is 3.00. The van der Waals surface area contributed by atoms with Crippen LogP contribution in [0.4, 0.5) is 18.9 Å². The molecule has 0 amide bonds. The quantitative estimate of drug-likeness (QED) is 0.117. The third-order valence-electron chi connectivity index (χ3n) is 7.08. The van der Waals surface area contributed by atoms with E-state index in [4.69, 9.17) is 14.2 Å². The van der Waals surface area contributed by atoms with Gasteiger partial charge in [-0.15, -0.1) is 0 Å². The fraction of sp³-hybridized carbons (Fsp3) is 0.469. The van der Waals surface area contributed by atoms with Gasteiger partial charge < -0.3 is 24.6 Å². The number of rotatable bonds is 15. The van der Waals surface area contributed by atoms with Crippen LogP contribution in [0.3, 0.4) is 0 Å². The van der Waals surface area contributed by atoms with Crippen LogP contribution >= 0.6 is 0 Å². The molecule has 250 valence electrons. The molecule has 14 heteroatoms. The molecule has 3 atom stereocenters. The maximum atomic E-state index is 14.1. The van der Waals surface area contributed by atoms with Crippen LogP contribution < -0.4 is 10.1 Å². The van der Waals surface area contributed by atoms with Crippen LogP contribution in [0.5, 0.6) is 5.75 Å². The number of benzene rings is 2. The van der Waals surface area contributed by atoms with E-state index in [0.29, 0.717) is 25.1 Å². The molecule has 2 N–H and O–H groups in total. The van der Waals surface area contributed by atoms with Crippen molar-refractivity contribution in [3.63, 3.8) is 0 Å². The van der Waals surface area contributed by atoms with Crippen molar-refractivity contribution in [3.8, 4) is 5.75 Å². The lowest BCUT2D eigenvalue weighted by Gasteiger charge is -2.32. The molecular weight excluding hydrogens is 611 g/mol. The van der Waals surface area contributed by atoms with Gasteiger partial charge in [0, 0.05) is 36.3 Å². The Bertz CT molecular complexity index is 1440. The normalized spacial score (nSPS) is 17.4. The predicted molar refractivity (Wildman–Crippen MR) is 163 cm³/mol. The summed E-state index contributed by atoms with van der Waals surface area (Å²) in [6.45, 7) is 6.75. The number of carbonyl (C=O) groups is 2. The van der Waals surface area contributed by atoms with Crippen LogP contribution in [0.2, 0.25) is 0 Å². The van der Waals surface area contributed by atoms with Crippen LogP contribution in [-0.2, 0) is 25.5 Å². The SMILES string of the molecule is CCOC(=O)C1=C(C(F)(F)F)N=C(C)C(C(=O)OCCCc2ccc(OCC(O)CNC(C)C)cc2)C1c1cccc([N+](=O)[O-])c1. The number of aliphatic imine (C=N–C) groups is 1. The summed E-state index contributed by atoms with van der Waals surface area (Å²) in [6, 6.07) is 12.1. The molecule has 2 aromatic carbocycles. The van der Waals surface area contributed by atoms with E-state index in [1.807, 2.05) is 26.0 Å². The van der Waals surface area contributed by atoms with Crippen LogP contribution in [0.1, 0.15) is 51.2 Å². The number of hydrogen-bond acceptors (Lipinski definition) is 10. The number of nitro benzene ring substituents is 1. The van der Waals surface area contributed by atoms with Gasteiger partial charge in [0.15, 0.2) is 5.70 Å². The van der Waals surface area contributed by atoms with Crippen molar-refractivity contribution in [2.45, 2.75) is 64.8 Å². The zero-order valence-electron chi connectivity index (χ0n) is 26.0. The number of nitrogens with one attached hydrogen (secondary N) is 1. The van der Waals surface area contributed by atoms with E-state index in [1.165, 1.54) is 26.0 Å². The molecule has 0 spiro atoms. The summed E-state index contributed by atoms with van der Waals surface area (Å²) in [6.07, 6.45) is -4.89. The van der Waals surface area contributed by atoms with Crippen LogP contribution in [0.25, 0.3) is 0 Å². The van der Waals surface area contributed by atoms with Gasteiger partial charge in [0.2, 0.25) is 0 Å². The van der Waals surface area contributed by atoms with Crippen molar-refractivity contribution in [3.05, 3.63) is 81.0 Å².